The molecule has 1 N–H and O–H groups in total. The summed E-state index contributed by atoms with van der Waals surface area (Å²) in [6.45, 7) is 3.46. The van der Waals surface area contributed by atoms with Crippen LogP contribution in [0.1, 0.15) is 51.0 Å². The average molecular weight is 302 g/mol. The third-order valence-corrected chi connectivity index (χ3v) is 5.25. The van der Waals surface area contributed by atoms with Crippen molar-refractivity contribution in [3.05, 3.63) is 20.8 Å². The molecule has 2 rings (SSSR count). The quantitative estimate of drug-likeness (QED) is 0.855. The fourth-order valence-electron chi connectivity index (χ4n) is 2.77. The van der Waals surface area contributed by atoms with Crippen LogP contribution in [0, 0.1) is 0 Å². The number of nitrogens with one attached hydrogen (secondary N) is 1. The van der Waals surface area contributed by atoms with Crippen molar-refractivity contribution in [2.24, 2.45) is 0 Å². The molecule has 2 heterocycles. The maximum Gasteiger partial charge on any atom is 0.0454 e. The van der Waals surface area contributed by atoms with Gasteiger partial charge in [-0.05, 0) is 52.7 Å². The van der Waals surface area contributed by atoms with E-state index in [1.165, 1.54) is 55.1 Å². The Labute approximate surface area is 111 Å². The van der Waals surface area contributed by atoms with Gasteiger partial charge in [0.25, 0.3) is 0 Å². The largest absolute Gasteiger partial charge is 0.307 e. The summed E-state index contributed by atoms with van der Waals surface area (Å²) in [6.07, 6.45) is 7.84. The van der Waals surface area contributed by atoms with Crippen LogP contribution in [0.25, 0.3) is 0 Å². The Morgan fingerprint density at radius 2 is 2.25 bits per heavy atom. The van der Waals surface area contributed by atoms with E-state index in [0.717, 1.165) is 0 Å². The van der Waals surface area contributed by atoms with Gasteiger partial charge >= 0.3 is 0 Å². The Hall–Kier alpha value is 0.140. The molecule has 0 radical (unpaired) electrons. The molecule has 0 aromatic carbocycles. The van der Waals surface area contributed by atoms with Crippen LogP contribution >= 0.6 is 27.3 Å². The molecule has 1 aliphatic rings. The first-order chi connectivity index (χ1) is 7.78. The normalized spacial score (nSPS) is 26.6. The molecular weight excluding hydrogens is 282 g/mol. The minimum absolute atomic E-state index is 0.240. The van der Waals surface area contributed by atoms with Gasteiger partial charge in [0.05, 0.1) is 0 Å². The molecule has 1 aliphatic heterocycles. The molecule has 0 saturated carbocycles. The highest BCUT2D eigenvalue weighted by molar-refractivity contribution is 9.10. The lowest BCUT2D eigenvalue weighted by atomic mass is 9.83. The van der Waals surface area contributed by atoms with Crippen LogP contribution in [0.3, 0.4) is 0 Å². The standard InChI is InChI=1S/C13H20BrNS/c1-2-6-13(7-4-3-5-8-15-13)11-9-16-10-12(11)14/h9-10,15H,2-8H2,1H3. The second-order valence-corrected chi connectivity index (χ2v) is 6.30. The highest BCUT2D eigenvalue weighted by Gasteiger charge is 2.33. The van der Waals surface area contributed by atoms with Crippen molar-refractivity contribution < 1.29 is 0 Å². The third kappa shape index (κ3) is 2.52. The summed E-state index contributed by atoms with van der Waals surface area (Å²) < 4.78 is 1.29. The van der Waals surface area contributed by atoms with Gasteiger partial charge in [-0.3, -0.25) is 0 Å². The molecule has 16 heavy (non-hydrogen) atoms. The number of thiophene rings is 1. The Bertz CT molecular complexity index is 326. The number of hydrogen-bond donors (Lipinski definition) is 1. The van der Waals surface area contributed by atoms with Crippen molar-refractivity contribution in [2.45, 2.75) is 51.0 Å². The van der Waals surface area contributed by atoms with Crippen LogP contribution in [0.4, 0.5) is 0 Å². The van der Waals surface area contributed by atoms with Crippen molar-refractivity contribution in [2.75, 3.05) is 6.54 Å². The molecule has 1 nitrogen and oxygen atoms in total. The minimum atomic E-state index is 0.240. The summed E-state index contributed by atoms with van der Waals surface area (Å²) in [5.74, 6) is 0. The molecule has 1 atom stereocenters. The molecule has 1 unspecified atom stereocenters. The second-order valence-electron chi connectivity index (χ2n) is 4.70. The Morgan fingerprint density at radius 3 is 2.94 bits per heavy atom. The van der Waals surface area contributed by atoms with E-state index in [-0.39, 0.29) is 5.54 Å². The minimum Gasteiger partial charge on any atom is -0.307 e. The molecule has 0 amide bonds. The van der Waals surface area contributed by atoms with E-state index >= 15 is 0 Å². The highest BCUT2D eigenvalue weighted by atomic mass is 79.9. The van der Waals surface area contributed by atoms with Gasteiger partial charge in [0.1, 0.15) is 0 Å². The molecule has 0 bridgehead atoms. The second kappa shape index (κ2) is 5.65. The van der Waals surface area contributed by atoms with Gasteiger partial charge in [0.2, 0.25) is 0 Å². The van der Waals surface area contributed by atoms with Crippen LogP contribution in [0.2, 0.25) is 0 Å². The topological polar surface area (TPSA) is 12.0 Å². The lowest BCUT2D eigenvalue weighted by molar-refractivity contribution is 0.297. The maximum absolute atomic E-state index is 3.82. The van der Waals surface area contributed by atoms with Crippen molar-refractivity contribution in [1.82, 2.24) is 5.32 Å². The fourth-order valence-corrected chi connectivity index (χ4v) is 4.54. The fraction of sp³-hybridized carbons (Fsp3) is 0.692. The predicted octanol–water partition coefficient (Wildman–Crippen LogP) is 4.67. The SMILES string of the molecule is CCCC1(c2cscc2Br)CCCCCN1. The van der Waals surface area contributed by atoms with Crippen LogP contribution in [-0.2, 0) is 5.54 Å². The van der Waals surface area contributed by atoms with Gasteiger partial charge in [-0.15, -0.1) is 0 Å². The average Bonchev–Trinajstić information content (AvgIpc) is 2.57. The van der Waals surface area contributed by atoms with E-state index in [9.17, 15) is 0 Å². The van der Waals surface area contributed by atoms with E-state index in [1.54, 1.807) is 11.3 Å². The lowest BCUT2D eigenvalue weighted by Gasteiger charge is -2.34. The van der Waals surface area contributed by atoms with E-state index in [4.69, 9.17) is 0 Å². The molecule has 0 spiro atoms. The van der Waals surface area contributed by atoms with Crippen LogP contribution in [0.15, 0.2) is 15.2 Å². The van der Waals surface area contributed by atoms with Gasteiger partial charge in [-0.2, -0.15) is 11.3 Å². The summed E-state index contributed by atoms with van der Waals surface area (Å²) in [6, 6.07) is 0. The van der Waals surface area contributed by atoms with Gasteiger partial charge in [0.15, 0.2) is 0 Å². The summed E-state index contributed by atoms with van der Waals surface area (Å²) in [7, 11) is 0. The number of halogens is 1. The van der Waals surface area contributed by atoms with Crippen LogP contribution in [-0.4, -0.2) is 6.54 Å². The molecule has 1 aromatic heterocycles. The first kappa shape index (κ1) is 12.6. The monoisotopic (exact) mass is 301 g/mol. The Balaban J connectivity index is 2.29. The molecule has 0 aliphatic carbocycles. The Kier molecular flexibility index (Phi) is 4.45. The maximum atomic E-state index is 3.82. The molecule has 1 fully saturated rings. The zero-order valence-electron chi connectivity index (χ0n) is 9.89. The van der Waals surface area contributed by atoms with Crippen LogP contribution < -0.4 is 5.32 Å². The van der Waals surface area contributed by atoms with Gasteiger partial charge in [0, 0.05) is 15.4 Å². The third-order valence-electron chi connectivity index (χ3n) is 3.55. The van der Waals surface area contributed by atoms with Crippen molar-refractivity contribution in [1.29, 1.82) is 0 Å². The van der Waals surface area contributed by atoms with E-state index in [2.05, 4.69) is 38.9 Å². The highest BCUT2D eigenvalue weighted by Crippen LogP contribution is 2.39. The Morgan fingerprint density at radius 1 is 1.38 bits per heavy atom. The van der Waals surface area contributed by atoms with Gasteiger partial charge < -0.3 is 5.32 Å². The smallest absolute Gasteiger partial charge is 0.0454 e. The van der Waals surface area contributed by atoms with E-state index in [0.29, 0.717) is 0 Å². The van der Waals surface area contributed by atoms with E-state index < -0.39 is 0 Å². The predicted molar refractivity (Wildman–Crippen MR) is 75.1 cm³/mol. The van der Waals surface area contributed by atoms with Crippen LogP contribution in [0.5, 0.6) is 0 Å². The number of hydrogen-bond acceptors (Lipinski definition) is 2. The first-order valence-corrected chi connectivity index (χ1v) is 7.99. The zero-order chi connectivity index (χ0) is 11.4. The molecule has 3 heteroatoms. The number of rotatable bonds is 3. The van der Waals surface area contributed by atoms with Gasteiger partial charge in [-0.25, -0.2) is 0 Å². The lowest BCUT2D eigenvalue weighted by Crippen LogP contribution is -2.41. The van der Waals surface area contributed by atoms with E-state index in [1.807, 2.05) is 0 Å². The zero-order valence-corrected chi connectivity index (χ0v) is 12.3. The summed E-state index contributed by atoms with van der Waals surface area (Å²) in [5.41, 5.74) is 1.73. The summed E-state index contributed by atoms with van der Waals surface area (Å²) >= 11 is 5.51. The van der Waals surface area contributed by atoms with Crippen molar-refractivity contribution in [3.8, 4) is 0 Å². The van der Waals surface area contributed by atoms with Crippen molar-refractivity contribution >= 4 is 27.3 Å². The molecule has 1 aromatic rings. The summed E-state index contributed by atoms with van der Waals surface area (Å²) in [4.78, 5) is 0. The molecular formula is C13H20BrNS. The molecule has 90 valence electrons. The molecule has 1 saturated heterocycles. The summed E-state index contributed by atoms with van der Waals surface area (Å²) in [5, 5.41) is 8.34. The van der Waals surface area contributed by atoms with Crippen molar-refractivity contribution in [3.63, 3.8) is 0 Å². The first-order valence-electron chi connectivity index (χ1n) is 6.26. The van der Waals surface area contributed by atoms with Gasteiger partial charge in [-0.1, -0.05) is 26.2 Å².